The predicted molar refractivity (Wildman–Crippen MR) is 142 cm³/mol. The molecule has 0 saturated carbocycles. The van der Waals surface area contributed by atoms with Crippen LogP contribution in [0.5, 0.6) is 17.2 Å². The van der Waals surface area contributed by atoms with E-state index in [0.29, 0.717) is 35.1 Å². The van der Waals surface area contributed by atoms with E-state index in [2.05, 4.69) is 0 Å². The largest absolute Gasteiger partial charge is 0.508 e. The second-order valence-electron chi connectivity index (χ2n) is 9.64. The van der Waals surface area contributed by atoms with Gasteiger partial charge in [-0.25, -0.2) is 0 Å². The van der Waals surface area contributed by atoms with Crippen molar-refractivity contribution in [3.8, 4) is 28.4 Å². The van der Waals surface area contributed by atoms with Crippen molar-refractivity contribution >= 4 is 11.0 Å². The van der Waals surface area contributed by atoms with Gasteiger partial charge in [-0.1, -0.05) is 41.0 Å². The summed E-state index contributed by atoms with van der Waals surface area (Å²) in [5.41, 5.74) is 5.31. The van der Waals surface area contributed by atoms with Gasteiger partial charge in [0.1, 0.15) is 34.5 Å². The summed E-state index contributed by atoms with van der Waals surface area (Å²) in [6, 6.07) is 4.98. The maximum atomic E-state index is 13.7. The summed E-state index contributed by atoms with van der Waals surface area (Å²) in [5.74, 6) is -0.179. The molecule has 3 N–H and O–H groups in total. The molecule has 0 aliphatic carbocycles. The fraction of sp³-hybridized carbons (Fsp3) is 0.300. The van der Waals surface area contributed by atoms with Crippen LogP contribution in [0.25, 0.3) is 22.1 Å². The molecule has 0 fully saturated rings. The minimum Gasteiger partial charge on any atom is -0.508 e. The highest BCUT2D eigenvalue weighted by Crippen LogP contribution is 2.40. The third-order valence-corrected chi connectivity index (χ3v) is 5.91. The number of phenols is 3. The lowest BCUT2D eigenvalue weighted by molar-refractivity contribution is 0.438. The molecule has 0 aliphatic heterocycles. The summed E-state index contributed by atoms with van der Waals surface area (Å²) < 4.78 is 5.91. The van der Waals surface area contributed by atoms with Crippen molar-refractivity contribution in [3.05, 3.63) is 86.3 Å². The highest BCUT2D eigenvalue weighted by molar-refractivity contribution is 5.92. The second-order valence-corrected chi connectivity index (χ2v) is 9.64. The lowest BCUT2D eigenvalue weighted by Crippen LogP contribution is -2.08. The third-order valence-electron chi connectivity index (χ3n) is 5.91. The Morgan fingerprint density at radius 2 is 1.37 bits per heavy atom. The summed E-state index contributed by atoms with van der Waals surface area (Å²) in [7, 11) is 0. The van der Waals surface area contributed by atoms with E-state index >= 15 is 0 Å². The van der Waals surface area contributed by atoms with Gasteiger partial charge in [-0.05, 0) is 84.1 Å². The second kappa shape index (κ2) is 10.7. The topological polar surface area (TPSA) is 90.9 Å². The lowest BCUT2D eigenvalue weighted by atomic mass is 9.95. The quantitative estimate of drug-likeness (QED) is 0.318. The average molecular weight is 475 g/mol. The van der Waals surface area contributed by atoms with Gasteiger partial charge in [0.25, 0.3) is 0 Å². The van der Waals surface area contributed by atoms with Crippen LogP contribution in [0.2, 0.25) is 0 Å². The maximum absolute atomic E-state index is 13.7. The molecule has 1 aromatic heterocycles. The van der Waals surface area contributed by atoms with Crippen molar-refractivity contribution in [3.63, 3.8) is 0 Å². The van der Waals surface area contributed by atoms with Gasteiger partial charge in [-0.3, -0.25) is 4.79 Å². The van der Waals surface area contributed by atoms with Gasteiger partial charge >= 0.3 is 0 Å². The SMILES string of the molecule is CC(C)=CCc1cc(-c2coc3c(CC=C(C)C)c(O)c(CC=C(C)C)c(O)c3c2=O)ccc1O. The average Bonchev–Trinajstić information content (AvgIpc) is 2.78. The molecule has 0 saturated heterocycles. The summed E-state index contributed by atoms with van der Waals surface area (Å²) in [4.78, 5) is 13.7. The van der Waals surface area contributed by atoms with Crippen LogP contribution in [0.1, 0.15) is 58.2 Å². The Labute approximate surface area is 206 Å². The number of rotatable bonds is 7. The van der Waals surface area contributed by atoms with Crippen LogP contribution >= 0.6 is 0 Å². The van der Waals surface area contributed by atoms with Gasteiger partial charge in [-0.15, -0.1) is 0 Å². The molecule has 0 radical (unpaired) electrons. The van der Waals surface area contributed by atoms with Crippen LogP contribution in [0.3, 0.4) is 0 Å². The number of aromatic hydroxyl groups is 3. The zero-order valence-electron chi connectivity index (χ0n) is 21.3. The Bertz CT molecular complexity index is 1410. The first kappa shape index (κ1) is 25.9. The van der Waals surface area contributed by atoms with E-state index in [1.165, 1.54) is 6.26 Å². The fourth-order valence-corrected chi connectivity index (χ4v) is 3.88. The predicted octanol–water partition coefficient (Wildman–Crippen LogP) is 7.10. The number of allylic oxidation sites excluding steroid dienone is 6. The van der Waals surface area contributed by atoms with Gasteiger partial charge in [0, 0.05) is 11.1 Å². The van der Waals surface area contributed by atoms with Gasteiger partial charge in [0.05, 0.1) is 5.56 Å². The van der Waals surface area contributed by atoms with Crippen LogP contribution in [0.4, 0.5) is 0 Å². The smallest absolute Gasteiger partial charge is 0.204 e. The molecule has 3 rings (SSSR count). The third kappa shape index (κ3) is 5.68. The molecule has 0 aliphatic rings. The van der Waals surface area contributed by atoms with Crippen molar-refractivity contribution in [2.24, 2.45) is 0 Å². The number of hydrogen-bond acceptors (Lipinski definition) is 5. The molecule has 0 unspecified atom stereocenters. The Balaban J connectivity index is 2.30. The first-order valence-corrected chi connectivity index (χ1v) is 11.7. The zero-order valence-corrected chi connectivity index (χ0v) is 21.3. The molecule has 0 bridgehead atoms. The normalized spacial score (nSPS) is 10.8. The van der Waals surface area contributed by atoms with Gasteiger partial charge in [0.2, 0.25) is 5.43 Å². The minimum atomic E-state index is -0.389. The van der Waals surface area contributed by atoms with Crippen LogP contribution in [0, 0.1) is 0 Å². The Kier molecular flexibility index (Phi) is 7.90. The lowest BCUT2D eigenvalue weighted by Gasteiger charge is -2.15. The van der Waals surface area contributed by atoms with E-state index in [4.69, 9.17) is 4.42 Å². The molecular formula is C30H34O5. The van der Waals surface area contributed by atoms with Crippen molar-refractivity contribution in [2.45, 2.75) is 60.8 Å². The summed E-state index contributed by atoms with van der Waals surface area (Å²) in [6.45, 7) is 11.7. The van der Waals surface area contributed by atoms with Crippen molar-refractivity contribution < 1.29 is 19.7 Å². The van der Waals surface area contributed by atoms with E-state index in [9.17, 15) is 20.1 Å². The van der Waals surface area contributed by atoms with E-state index in [-0.39, 0.29) is 45.6 Å². The molecule has 1 heterocycles. The van der Waals surface area contributed by atoms with E-state index in [1.807, 2.05) is 59.8 Å². The molecule has 5 heteroatoms. The molecule has 35 heavy (non-hydrogen) atoms. The van der Waals surface area contributed by atoms with Crippen LogP contribution in [-0.4, -0.2) is 15.3 Å². The first-order chi connectivity index (χ1) is 16.5. The molecule has 0 spiro atoms. The monoisotopic (exact) mass is 474 g/mol. The van der Waals surface area contributed by atoms with Crippen LogP contribution in [0.15, 0.2) is 68.6 Å². The summed E-state index contributed by atoms with van der Waals surface area (Å²) >= 11 is 0. The standard InChI is InChI=1S/C30H34O5/c1-17(2)7-10-21-15-20(11-14-25(21)31)24-16-35-30-23(13-9-19(5)6)27(32)22(12-8-18(3)4)28(33)26(30)29(24)34/h7-9,11,14-16,31-33H,10,12-13H2,1-6H3. The zero-order chi connectivity index (χ0) is 25.9. The van der Waals surface area contributed by atoms with Crippen molar-refractivity contribution in [1.82, 2.24) is 0 Å². The maximum Gasteiger partial charge on any atom is 0.204 e. The van der Waals surface area contributed by atoms with Crippen LogP contribution in [-0.2, 0) is 19.3 Å². The van der Waals surface area contributed by atoms with Gasteiger partial charge in [-0.2, -0.15) is 0 Å². The summed E-state index contributed by atoms with van der Waals surface area (Å²) in [5, 5.41) is 32.5. The van der Waals surface area contributed by atoms with Crippen LogP contribution < -0.4 is 5.43 Å². The first-order valence-electron chi connectivity index (χ1n) is 11.7. The molecule has 0 atom stereocenters. The Morgan fingerprint density at radius 3 is 1.97 bits per heavy atom. The van der Waals surface area contributed by atoms with Gasteiger partial charge in [0.15, 0.2) is 0 Å². The Morgan fingerprint density at radius 1 is 0.800 bits per heavy atom. The van der Waals surface area contributed by atoms with E-state index in [1.54, 1.807) is 18.2 Å². The highest BCUT2D eigenvalue weighted by atomic mass is 16.3. The number of hydrogen-bond donors (Lipinski definition) is 3. The number of benzene rings is 2. The minimum absolute atomic E-state index is 0.0496. The molecule has 5 nitrogen and oxygen atoms in total. The van der Waals surface area contributed by atoms with Crippen molar-refractivity contribution in [1.29, 1.82) is 0 Å². The molecule has 3 aromatic rings. The molecule has 0 amide bonds. The summed E-state index contributed by atoms with van der Waals surface area (Å²) in [6.07, 6.45) is 8.38. The van der Waals surface area contributed by atoms with E-state index in [0.717, 1.165) is 16.7 Å². The fourth-order valence-electron chi connectivity index (χ4n) is 3.88. The molecule has 2 aromatic carbocycles. The molecule has 184 valence electrons. The molecular weight excluding hydrogens is 440 g/mol. The van der Waals surface area contributed by atoms with Gasteiger partial charge < -0.3 is 19.7 Å². The Hall–Kier alpha value is -3.73. The van der Waals surface area contributed by atoms with Crippen molar-refractivity contribution in [2.75, 3.05) is 0 Å². The number of fused-ring (bicyclic) bond motifs is 1. The van der Waals surface area contributed by atoms with E-state index < -0.39 is 0 Å². The highest BCUT2D eigenvalue weighted by Gasteiger charge is 2.23. The number of phenolic OH excluding ortho intramolecular Hbond substituents is 3.